The monoisotopic (exact) mass is 303 g/mol. The van der Waals surface area contributed by atoms with Gasteiger partial charge in [-0.1, -0.05) is 0 Å². The van der Waals surface area contributed by atoms with Crippen LogP contribution < -0.4 is 10.3 Å². The molecule has 0 unspecified atom stereocenters. The van der Waals surface area contributed by atoms with Crippen LogP contribution in [0.5, 0.6) is 5.75 Å². The number of likely N-dealkylation sites (N-methyl/N-ethyl adjacent to an activating group) is 2. The minimum atomic E-state index is -0.0200. The van der Waals surface area contributed by atoms with Crippen molar-refractivity contribution >= 4 is 10.9 Å². The van der Waals surface area contributed by atoms with Gasteiger partial charge < -0.3 is 19.5 Å². The molecule has 1 heterocycles. The Kier molecular flexibility index (Phi) is 5.57. The number of rotatable bonds is 7. The number of aromatic nitrogens is 1. The second-order valence-corrected chi connectivity index (χ2v) is 5.85. The van der Waals surface area contributed by atoms with Crippen LogP contribution in [0.15, 0.2) is 29.1 Å². The molecule has 2 rings (SSSR count). The van der Waals surface area contributed by atoms with Crippen molar-refractivity contribution in [3.05, 3.63) is 40.2 Å². The molecule has 0 aliphatic heterocycles. The summed E-state index contributed by atoms with van der Waals surface area (Å²) in [6.45, 7) is 5.12. The fraction of sp³-hybridized carbons (Fsp3) is 0.471. The highest BCUT2D eigenvalue weighted by Crippen LogP contribution is 2.19. The predicted molar refractivity (Wildman–Crippen MR) is 90.6 cm³/mol. The van der Waals surface area contributed by atoms with Crippen molar-refractivity contribution in [1.29, 1.82) is 0 Å². The van der Waals surface area contributed by atoms with Crippen molar-refractivity contribution in [3.8, 4) is 5.75 Å². The van der Waals surface area contributed by atoms with Crippen molar-refractivity contribution in [2.45, 2.75) is 13.5 Å². The largest absolute Gasteiger partial charge is 0.494 e. The highest BCUT2D eigenvalue weighted by Gasteiger charge is 2.07. The van der Waals surface area contributed by atoms with Gasteiger partial charge in [-0.2, -0.15) is 0 Å². The van der Waals surface area contributed by atoms with Gasteiger partial charge in [0.2, 0.25) is 0 Å². The Morgan fingerprint density at radius 1 is 1.14 bits per heavy atom. The van der Waals surface area contributed by atoms with E-state index in [0.29, 0.717) is 13.2 Å². The molecule has 5 heteroatoms. The van der Waals surface area contributed by atoms with Gasteiger partial charge in [-0.3, -0.25) is 4.79 Å². The number of nitrogens with zero attached hydrogens (tertiary/aromatic N) is 2. The smallest absolute Gasteiger partial charge is 0.252 e. The second-order valence-electron chi connectivity index (χ2n) is 5.85. The summed E-state index contributed by atoms with van der Waals surface area (Å²) < 4.78 is 5.52. The molecular weight excluding hydrogens is 278 g/mol. The lowest BCUT2D eigenvalue weighted by molar-refractivity contribution is 0.275. The van der Waals surface area contributed by atoms with E-state index in [1.54, 1.807) is 0 Å². The molecule has 0 saturated heterocycles. The number of benzene rings is 1. The lowest BCUT2D eigenvalue weighted by Crippen LogP contribution is -2.30. The molecule has 1 aromatic heterocycles. The molecule has 0 amide bonds. The van der Waals surface area contributed by atoms with Crippen LogP contribution in [0, 0.1) is 0 Å². The van der Waals surface area contributed by atoms with E-state index in [2.05, 4.69) is 14.8 Å². The molecule has 0 fully saturated rings. The third-order valence-corrected chi connectivity index (χ3v) is 3.57. The fourth-order valence-corrected chi connectivity index (χ4v) is 2.34. The molecule has 2 aromatic rings. The van der Waals surface area contributed by atoms with E-state index in [0.717, 1.165) is 35.3 Å². The predicted octanol–water partition coefficient (Wildman–Crippen LogP) is 1.92. The number of fused-ring (bicyclic) bond motifs is 1. The molecule has 0 radical (unpaired) electrons. The molecule has 0 aliphatic carbocycles. The van der Waals surface area contributed by atoms with E-state index < -0.39 is 0 Å². The zero-order valence-corrected chi connectivity index (χ0v) is 13.8. The van der Waals surface area contributed by atoms with Crippen LogP contribution in [0.4, 0.5) is 0 Å². The van der Waals surface area contributed by atoms with Crippen LogP contribution in [0.1, 0.15) is 12.5 Å². The number of nitrogens with one attached hydrogen (secondary N) is 1. The van der Waals surface area contributed by atoms with E-state index in [1.807, 2.05) is 52.3 Å². The standard InChI is InChI=1S/C17H25N3O2/c1-5-22-15-6-7-16-13(11-15)10-14(17(21)18-16)12-20(4)9-8-19(2)3/h6-7,10-11H,5,8-9,12H2,1-4H3,(H,18,21). The molecular formula is C17H25N3O2. The third-order valence-electron chi connectivity index (χ3n) is 3.57. The molecule has 0 spiro atoms. The molecule has 0 bridgehead atoms. The Bertz CT molecular complexity index is 679. The van der Waals surface area contributed by atoms with Crippen molar-refractivity contribution < 1.29 is 4.74 Å². The Hall–Kier alpha value is -1.85. The van der Waals surface area contributed by atoms with Gasteiger partial charge in [0.05, 0.1) is 6.61 Å². The number of H-pyrrole nitrogens is 1. The van der Waals surface area contributed by atoms with Crippen LogP contribution in [0.3, 0.4) is 0 Å². The van der Waals surface area contributed by atoms with Gasteiger partial charge in [0.25, 0.3) is 5.56 Å². The first-order chi connectivity index (χ1) is 10.5. The lowest BCUT2D eigenvalue weighted by Gasteiger charge is -2.19. The summed E-state index contributed by atoms with van der Waals surface area (Å²) in [6, 6.07) is 7.70. The zero-order valence-electron chi connectivity index (χ0n) is 13.8. The average Bonchev–Trinajstić information content (AvgIpc) is 2.46. The number of hydrogen-bond donors (Lipinski definition) is 1. The van der Waals surface area contributed by atoms with E-state index >= 15 is 0 Å². The zero-order chi connectivity index (χ0) is 16.1. The first-order valence-corrected chi connectivity index (χ1v) is 7.61. The summed E-state index contributed by atoms with van der Waals surface area (Å²) in [6.07, 6.45) is 0. The Morgan fingerprint density at radius 3 is 2.59 bits per heavy atom. The summed E-state index contributed by atoms with van der Waals surface area (Å²) in [5.41, 5.74) is 1.60. The number of aromatic amines is 1. The topological polar surface area (TPSA) is 48.6 Å². The van der Waals surface area contributed by atoms with Crippen molar-refractivity contribution in [2.24, 2.45) is 0 Å². The summed E-state index contributed by atoms with van der Waals surface area (Å²) >= 11 is 0. The van der Waals surface area contributed by atoms with Crippen molar-refractivity contribution in [2.75, 3.05) is 40.8 Å². The van der Waals surface area contributed by atoms with Gasteiger partial charge in [0.15, 0.2) is 0 Å². The molecule has 1 aromatic carbocycles. The quantitative estimate of drug-likeness (QED) is 0.849. The van der Waals surface area contributed by atoms with Crippen molar-refractivity contribution in [1.82, 2.24) is 14.8 Å². The maximum Gasteiger partial charge on any atom is 0.252 e. The Morgan fingerprint density at radius 2 is 1.91 bits per heavy atom. The maximum atomic E-state index is 12.2. The molecule has 5 nitrogen and oxygen atoms in total. The third kappa shape index (κ3) is 4.32. The fourth-order valence-electron chi connectivity index (χ4n) is 2.34. The van der Waals surface area contributed by atoms with E-state index in [-0.39, 0.29) is 5.56 Å². The molecule has 1 N–H and O–H groups in total. The second kappa shape index (κ2) is 7.42. The molecule has 120 valence electrons. The van der Waals surface area contributed by atoms with Crippen LogP contribution in [0.2, 0.25) is 0 Å². The van der Waals surface area contributed by atoms with Gasteiger partial charge in [-0.15, -0.1) is 0 Å². The average molecular weight is 303 g/mol. The number of pyridine rings is 1. The van der Waals surface area contributed by atoms with E-state index in [1.165, 1.54) is 0 Å². The first-order valence-electron chi connectivity index (χ1n) is 7.61. The Balaban J connectivity index is 2.21. The van der Waals surface area contributed by atoms with Crippen LogP contribution >= 0.6 is 0 Å². The molecule has 0 aliphatic rings. The first kappa shape index (κ1) is 16.5. The summed E-state index contributed by atoms with van der Waals surface area (Å²) in [4.78, 5) is 19.4. The summed E-state index contributed by atoms with van der Waals surface area (Å²) in [7, 11) is 6.13. The summed E-state index contributed by atoms with van der Waals surface area (Å²) in [5, 5.41) is 1.00. The van der Waals surface area contributed by atoms with E-state index in [4.69, 9.17) is 4.74 Å². The lowest BCUT2D eigenvalue weighted by atomic mass is 10.1. The van der Waals surface area contributed by atoms with Crippen LogP contribution in [-0.4, -0.2) is 55.6 Å². The minimum Gasteiger partial charge on any atom is -0.494 e. The normalized spacial score (nSPS) is 11.5. The van der Waals surface area contributed by atoms with Gasteiger partial charge >= 0.3 is 0 Å². The minimum absolute atomic E-state index is 0.0200. The molecule has 0 saturated carbocycles. The highest BCUT2D eigenvalue weighted by atomic mass is 16.5. The van der Waals surface area contributed by atoms with Crippen molar-refractivity contribution in [3.63, 3.8) is 0 Å². The van der Waals surface area contributed by atoms with Crippen LogP contribution in [-0.2, 0) is 6.54 Å². The maximum absolute atomic E-state index is 12.2. The highest BCUT2D eigenvalue weighted by molar-refractivity contribution is 5.80. The van der Waals surface area contributed by atoms with Gasteiger partial charge in [-0.25, -0.2) is 0 Å². The Labute approximate surface area is 131 Å². The van der Waals surface area contributed by atoms with Crippen LogP contribution in [0.25, 0.3) is 10.9 Å². The van der Waals surface area contributed by atoms with Gasteiger partial charge in [-0.05, 0) is 52.3 Å². The summed E-state index contributed by atoms with van der Waals surface area (Å²) in [5.74, 6) is 0.828. The number of hydrogen-bond acceptors (Lipinski definition) is 4. The molecule has 22 heavy (non-hydrogen) atoms. The molecule has 0 atom stereocenters. The SMILES string of the molecule is CCOc1ccc2[nH]c(=O)c(CN(C)CCN(C)C)cc2c1. The van der Waals surface area contributed by atoms with Gasteiger partial charge in [0.1, 0.15) is 5.75 Å². The van der Waals surface area contributed by atoms with Gasteiger partial charge in [0, 0.05) is 36.1 Å². The van der Waals surface area contributed by atoms with E-state index in [9.17, 15) is 4.79 Å². The number of ether oxygens (including phenoxy) is 1.